The van der Waals surface area contributed by atoms with Crippen molar-refractivity contribution in [2.75, 3.05) is 6.54 Å². The van der Waals surface area contributed by atoms with Gasteiger partial charge in [-0.05, 0) is 62.8 Å². The molecule has 1 saturated carbocycles. The van der Waals surface area contributed by atoms with E-state index in [2.05, 4.69) is 39.1 Å². The maximum atomic E-state index is 13.4. The molecule has 0 bridgehead atoms. The summed E-state index contributed by atoms with van der Waals surface area (Å²) in [5, 5.41) is 13.0. The summed E-state index contributed by atoms with van der Waals surface area (Å²) in [6.07, 6.45) is 3.79. The molecule has 1 N–H and O–H groups in total. The Hall–Kier alpha value is -2.86. The summed E-state index contributed by atoms with van der Waals surface area (Å²) in [5.41, 5.74) is 2.08. The van der Waals surface area contributed by atoms with Crippen LogP contribution in [0, 0.1) is 6.92 Å². The maximum absolute atomic E-state index is 13.4. The quantitative estimate of drug-likeness (QED) is 0.568. The van der Waals surface area contributed by atoms with Crippen molar-refractivity contribution in [3.63, 3.8) is 0 Å². The molecule has 2 fully saturated rings. The molecule has 32 heavy (non-hydrogen) atoms. The van der Waals surface area contributed by atoms with Crippen LogP contribution in [0.5, 0.6) is 0 Å². The number of benzene rings is 2. The van der Waals surface area contributed by atoms with Gasteiger partial charge < -0.3 is 14.8 Å². The van der Waals surface area contributed by atoms with E-state index in [1.54, 1.807) is 0 Å². The molecule has 2 atom stereocenters. The fourth-order valence-electron chi connectivity index (χ4n) is 4.90. The number of halogens is 1. The number of likely N-dealkylation sites (tertiary alicyclic amines) is 1. The van der Waals surface area contributed by atoms with Crippen molar-refractivity contribution in [2.45, 2.75) is 57.2 Å². The van der Waals surface area contributed by atoms with Crippen molar-refractivity contribution in [1.29, 1.82) is 0 Å². The molecule has 3 aromatic rings. The summed E-state index contributed by atoms with van der Waals surface area (Å²) in [7, 11) is 0. The largest absolute Gasteiger partial charge is 0.328 e. The molecule has 0 unspecified atom stereocenters. The van der Waals surface area contributed by atoms with Gasteiger partial charge in [0, 0.05) is 11.6 Å². The smallest absolute Gasteiger partial charge is 0.318 e. The second-order valence-corrected chi connectivity index (χ2v) is 9.37. The highest BCUT2D eigenvalue weighted by Gasteiger charge is 2.47. The number of carbonyl (C=O) groups is 1. The molecular formula is C25H28ClN5O. The molecule has 5 rings (SSSR count). The predicted octanol–water partition coefficient (Wildman–Crippen LogP) is 5.39. The van der Waals surface area contributed by atoms with Gasteiger partial charge in [0.25, 0.3) is 0 Å². The number of nitrogens with zero attached hydrogens (tertiary/aromatic N) is 4. The van der Waals surface area contributed by atoms with Crippen molar-refractivity contribution in [3.05, 3.63) is 82.4 Å². The van der Waals surface area contributed by atoms with E-state index in [-0.39, 0.29) is 23.7 Å². The number of carbonyl (C=O) groups excluding carboxylic acids is 1. The van der Waals surface area contributed by atoms with Gasteiger partial charge in [0.05, 0.1) is 17.6 Å². The minimum atomic E-state index is -0.230. The second kappa shape index (κ2) is 8.24. The summed E-state index contributed by atoms with van der Waals surface area (Å²) in [5.74, 6) is 1.69. The first-order valence-corrected chi connectivity index (χ1v) is 11.7. The third-order valence-electron chi connectivity index (χ3n) is 6.87. The Labute approximate surface area is 193 Å². The average Bonchev–Trinajstić information content (AvgIpc) is 3.24. The van der Waals surface area contributed by atoms with Crippen LogP contribution >= 0.6 is 11.6 Å². The Bertz CT molecular complexity index is 1110. The summed E-state index contributed by atoms with van der Waals surface area (Å²) >= 11 is 6.08. The first-order chi connectivity index (χ1) is 15.5. The molecule has 2 aliphatic rings. The van der Waals surface area contributed by atoms with Crippen molar-refractivity contribution < 1.29 is 4.79 Å². The van der Waals surface area contributed by atoms with Crippen molar-refractivity contribution in [3.8, 4) is 0 Å². The molecule has 1 aliphatic heterocycles. The molecule has 1 aliphatic carbocycles. The summed E-state index contributed by atoms with van der Waals surface area (Å²) < 4.78 is 2.16. The molecule has 7 heteroatoms. The van der Waals surface area contributed by atoms with Crippen molar-refractivity contribution in [2.24, 2.45) is 0 Å². The Morgan fingerprint density at radius 2 is 1.84 bits per heavy atom. The maximum Gasteiger partial charge on any atom is 0.318 e. The molecular weight excluding hydrogens is 422 g/mol. The molecule has 1 aromatic heterocycles. The third-order valence-corrected chi connectivity index (χ3v) is 7.12. The molecule has 2 heterocycles. The highest BCUT2D eigenvalue weighted by molar-refractivity contribution is 6.30. The first-order valence-electron chi connectivity index (χ1n) is 11.3. The van der Waals surface area contributed by atoms with E-state index < -0.39 is 0 Å². The zero-order valence-corrected chi connectivity index (χ0v) is 19.2. The fourth-order valence-corrected chi connectivity index (χ4v) is 5.03. The molecule has 6 nitrogen and oxygen atoms in total. The molecule has 2 amide bonds. The van der Waals surface area contributed by atoms with E-state index in [1.165, 1.54) is 5.56 Å². The van der Waals surface area contributed by atoms with E-state index in [4.69, 9.17) is 11.6 Å². The van der Waals surface area contributed by atoms with Crippen LogP contribution in [0.25, 0.3) is 0 Å². The van der Waals surface area contributed by atoms with Crippen LogP contribution in [0.4, 0.5) is 4.79 Å². The number of hydrogen-bond donors (Lipinski definition) is 1. The van der Waals surface area contributed by atoms with Gasteiger partial charge in [-0.3, -0.25) is 0 Å². The van der Waals surface area contributed by atoms with Crippen LogP contribution in [0.3, 0.4) is 0 Å². The van der Waals surface area contributed by atoms with Gasteiger partial charge in [0.2, 0.25) is 0 Å². The summed E-state index contributed by atoms with van der Waals surface area (Å²) in [4.78, 5) is 15.3. The van der Waals surface area contributed by atoms with Crippen molar-refractivity contribution in [1.82, 2.24) is 25.0 Å². The van der Waals surface area contributed by atoms with Gasteiger partial charge >= 0.3 is 6.03 Å². The monoisotopic (exact) mass is 449 g/mol. The zero-order chi connectivity index (χ0) is 22.3. The Kier molecular flexibility index (Phi) is 5.41. The molecule has 166 valence electrons. The first kappa shape index (κ1) is 21.0. The lowest BCUT2D eigenvalue weighted by atomic mass is 10.1. The topological polar surface area (TPSA) is 63.1 Å². The number of hydrogen-bond acceptors (Lipinski definition) is 3. The predicted molar refractivity (Wildman–Crippen MR) is 125 cm³/mol. The fraction of sp³-hybridized carbons (Fsp3) is 0.400. The van der Waals surface area contributed by atoms with Gasteiger partial charge in [-0.25, -0.2) is 4.79 Å². The average molecular weight is 450 g/mol. The summed E-state index contributed by atoms with van der Waals surface area (Å²) in [6.45, 7) is 4.83. The van der Waals surface area contributed by atoms with Crippen LogP contribution in [0.2, 0.25) is 5.02 Å². The molecule has 2 aromatic carbocycles. The van der Waals surface area contributed by atoms with E-state index in [0.717, 1.165) is 49.4 Å². The highest BCUT2D eigenvalue weighted by Crippen LogP contribution is 2.46. The Balaban J connectivity index is 1.39. The van der Waals surface area contributed by atoms with Crippen LogP contribution in [0.1, 0.15) is 67.5 Å². The molecule has 0 radical (unpaired) electrons. The van der Waals surface area contributed by atoms with Crippen molar-refractivity contribution >= 4 is 17.6 Å². The van der Waals surface area contributed by atoms with Gasteiger partial charge in [0.1, 0.15) is 5.82 Å². The molecule has 1 saturated heterocycles. The minimum Gasteiger partial charge on any atom is -0.328 e. The normalized spacial score (nSPS) is 20.2. The lowest BCUT2D eigenvalue weighted by molar-refractivity contribution is 0.184. The lowest BCUT2D eigenvalue weighted by Gasteiger charge is -2.29. The number of rotatable bonds is 5. The van der Waals surface area contributed by atoms with Gasteiger partial charge in [-0.15, -0.1) is 10.2 Å². The second-order valence-electron chi connectivity index (χ2n) is 8.93. The van der Waals surface area contributed by atoms with Gasteiger partial charge in [0.15, 0.2) is 5.82 Å². The number of aryl methyl sites for hydroxylation is 1. The Morgan fingerprint density at radius 1 is 1.12 bits per heavy atom. The van der Waals surface area contributed by atoms with Crippen LogP contribution < -0.4 is 5.32 Å². The molecule has 0 spiro atoms. The minimum absolute atomic E-state index is 0.0137. The standard InChI is InChI=1S/C25H28ClN5O/c1-17(19-10-12-21(26)13-11-19)31-18(2)28-29-23(31)22-9-6-16-30(22)24(32)27-25(14-15-25)20-7-4-3-5-8-20/h3-5,7-8,10-13,17,22H,6,9,14-16H2,1-2H3,(H,27,32)/t17-,22+/m0/s1. The lowest BCUT2D eigenvalue weighted by Crippen LogP contribution is -2.45. The summed E-state index contributed by atoms with van der Waals surface area (Å²) in [6, 6.07) is 18.1. The van der Waals surface area contributed by atoms with Gasteiger partial charge in [-0.2, -0.15) is 0 Å². The van der Waals surface area contributed by atoms with E-state index in [1.807, 2.05) is 54.3 Å². The van der Waals surface area contributed by atoms with E-state index in [0.29, 0.717) is 5.02 Å². The Morgan fingerprint density at radius 3 is 2.53 bits per heavy atom. The van der Waals surface area contributed by atoms with Crippen LogP contribution in [0.15, 0.2) is 54.6 Å². The van der Waals surface area contributed by atoms with E-state index >= 15 is 0 Å². The van der Waals surface area contributed by atoms with Crippen LogP contribution in [-0.4, -0.2) is 32.2 Å². The number of aromatic nitrogens is 3. The number of nitrogens with one attached hydrogen (secondary N) is 1. The van der Waals surface area contributed by atoms with E-state index in [9.17, 15) is 4.79 Å². The highest BCUT2D eigenvalue weighted by atomic mass is 35.5. The van der Waals surface area contributed by atoms with Gasteiger partial charge in [-0.1, -0.05) is 54.1 Å². The number of urea groups is 1. The van der Waals surface area contributed by atoms with Crippen LogP contribution in [-0.2, 0) is 5.54 Å². The zero-order valence-electron chi connectivity index (χ0n) is 18.5. The number of amides is 2. The SMILES string of the molecule is Cc1nnc([C@H]2CCCN2C(=O)NC2(c3ccccc3)CC2)n1[C@@H](C)c1ccc(Cl)cc1. The third kappa shape index (κ3) is 3.77.